The molecular weight excluding hydrogens is 412 g/mol. The SMILES string of the molecule is NCCCC[C@H](NC(=O)N[C@@H](CC(=O)O)c1nc([C@@H](N)Cc2cnc[nH]2)no1)C(=O)O. The molecule has 0 saturated heterocycles. The summed E-state index contributed by atoms with van der Waals surface area (Å²) in [6.45, 7) is 0.404. The molecule has 0 saturated carbocycles. The summed E-state index contributed by atoms with van der Waals surface area (Å²) >= 11 is 0. The van der Waals surface area contributed by atoms with Crippen LogP contribution in [-0.4, -0.2) is 60.9 Å². The molecule has 2 rings (SSSR count). The zero-order valence-corrected chi connectivity index (χ0v) is 16.7. The number of carbonyl (C=O) groups excluding carboxylic acids is 1. The van der Waals surface area contributed by atoms with E-state index >= 15 is 0 Å². The Morgan fingerprint density at radius 3 is 2.61 bits per heavy atom. The fourth-order valence-electron chi connectivity index (χ4n) is 2.75. The Kier molecular flexibility index (Phi) is 8.90. The summed E-state index contributed by atoms with van der Waals surface area (Å²) in [4.78, 5) is 45.7. The van der Waals surface area contributed by atoms with Crippen molar-refractivity contribution >= 4 is 18.0 Å². The number of nitrogens with one attached hydrogen (secondary N) is 3. The van der Waals surface area contributed by atoms with Crippen molar-refractivity contribution in [3.05, 3.63) is 29.9 Å². The molecule has 31 heavy (non-hydrogen) atoms. The van der Waals surface area contributed by atoms with Gasteiger partial charge in [-0.25, -0.2) is 14.6 Å². The number of aromatic nitrogens is 4. The van der Waals surface area contributed by atoms with Crippen LogP contribution in [0.4, 0.5) is 4.79 Å². The van der Waals surface area contributed by atoms with Crippen LogP contribution in [0.2, 0.25) is 0 Å². The van der Waals surface area contributed by atoms with E-state index in [2.05, 4.69) is 30.7 Å². The number of urea groups is 1. The van der Waals surface area contributed by atoms with Crippen molar-refractivity contribution in [2.45, 2.75) is 50.2 Å². The number of amides is 2. The topological polar surface area (TPSA) is 235 Å². The molecule has 3 atom stereocenters. The van der Waals surface area contributed by atoms with Crippen LogP contribution >= 0.6 is 0 Å². The van der Waals surface area contributed by atoms with Gasteiger partial charge in [0.05, 0.1) is 18.8 Å². The van der Waals surface area contributed by atoms with Crippen molar-refractivity contribution < 1.29 is 29.1 Å². The van der Waals surface area contributed by atoms with E-state index < -0.39 is 42.5 Å². The first-order valence-corrected chi connectivity index (χ1v) is 9.58. The van der Waals surface area contributed by atoms with Crippen LogP contribution in [-0.2, 0) is 16.0 Å². The first-order chi connectivity index (χ1) is 14.8. The predicted octanol–water partition coefficient (Wildman–Crippen LogP) is -0.568. The van der Waals surface area contributed by atoms with Crippen molar-refractivity contribution in [3.8, 4) is 0 Å². The van der Waals surface area contributed by atoms with Crippen molar-refractivity contribution in [1.82, 2.24) is 30.7 Å². The van der Waals surface area contributed by atoms with Gasteiger partial charge in [-0.2, -0.15) is 4.98 Å². The third-order valence-electron chi connectivity index (χ3n) is 4.32. The van der Waals surface area contributed by atoms with E-state index in [9.17, 15) is 19.5 Å². The molecule has 0 unspecified atom stereocenters. The average molecular weight is 438 g/mol. The van der Waals surface area contributed by atoms with E-state index in [1.54, 1.807) is 6.20 Å². The molecule has 0 radical (unpaired) electrons. The predicted molar refractivity (Wildman–Crippen MR) is 105 cm³/mol. The second-order valence-electron chi connectivity index (χ2n) is 6.82. The number of carboxylic acids is 2. The van der Waals surface area contributed by atoms with Crippen LogP contribution in [0, 0.1) is 0 Å². The van der Waals surface area contributed by atoms with Gasteiger partial charge in [0.2, 0.25) is 5.89 Å². The van der Waals surface area contributed by atoms with Crippen LogP contribution in [0.15, 0.2) is 17.0 Å². The Labute approximate surface area is 176 Å². The van der Waals surface area contributed by atoms with Gasteiger partial charge in [-0.1, -0.05) is 5.16 Å². The van der Waals surface area contributed by atoms with Crippen LogP contribution in [0.5, 0.6) is 0 Å². The zero-order valence-electron chi connectivity index (χ0n) is 16.7. The number of imidazole rings is 1. The van der Waals surface area contributed by atoms with Gasteiger partial charge >= 0.3 is 18.0 Å². The molecule has 0 aliphatic heterocycles. The summed E-state index contributed by atoms with van der Waals surface area (Å²) in [5.74, 6) is -2.49. The van der Waals surface area contributed by atoms with E-state index in [0.29, 0.717) is 25.8 Å². The quantitative estimate of drug-likeness (QED) is 0.195. The fraction of sp³-hybridized carbons (Fsp3) is 0.529. The lowest BCUT2D eigenvalue weighted by Gasteiger charge is -2.18. The highest BCUT2D eigenvalue weighted by atomic mass is 16.5. The van der Waals surface area contributed by atoms with E-state index in [1.165, 1.54) is 6.33 Å². The van der Waals surface area contributed by atoms with E-state index in [1.807, 2.05) is 0 Å². The number of carbonyl (C=O) groups is 3. The largest absolute Gasteiger partial charge is 0.481 e. The summed E-state index contributed by atoms with van der Waals surface area (Å²) in [6, 6.07) is -3.88. The van der Waals surface area contributed by atoms with Gasteiger partial charge in [-0.3, -0.25) is 4.79 Å². The molecule has 2 aromatic rings. The molecular formula is C17H26N8O6. The van der Waals surface area contributed by atoms with E-state index in [0.717, 1.165) is 5.69 Å². The van der Waals surface area contributed by atoms with Crippen molar-refractivity contribution in [2.75, 3.05) is 6.54 Å². The molecule has 0 spiro atoms. The molecule has 9 N–H and O–H groups in total. The Balaban J connectivity index is 2.04. The molecule has 2 amide bonds. The summed E-state index contributed by atoms with van der Waals surface area (Å²) in [5.41, 5.74) is 12.2. The maximum atomic E-state index is 12.3. The number of carboxylic acid groups (broad SMARTS) is 2. The lowest BCUT2D eigenvalue weighted by atomic mass is 10.1. The van der Waals surface area contributed by atoms with Crippen molar-refractivity contribution in [1.29, 1.82) is 0 Å². The molecule has 0 aliphatic rings. The second kappa shape index (κ2) is 11.6. The summed E-state index contributed by atoms with van der Waals surface area (Å²) < 4.78 is 5.10. The Bertz CT molecular complexity index is 855. The van der Waals surface area contributed by atoms with Crippen LogP contribution in [0.3, 0.4) is 0 Å². The Morgan fingerprint density at radius 1 is 1.23 bits per heavy atom. The minimum Gasteiger partial charge on any atom is -0.481 e. The number of aromatic amines is 1. The first kappa shape index (κ1) is 23.8. The first-order valence-electron chi connectivity index (χ1n) is 9.58. The van der Waals surface area contributed by atoms with E-state index in [-0.39, 0.29) is 18.1 Å². The molecule has 2 aromatic heterocycles. The van der Waals surface area contributed by atoms with Crippen molar-refractivity contribution in [2.24, 2.45) is 11.5 Å². The van der Waals surface area contributed by atoms with Gasteiger partial charge in [-0.05, 0) is 25.8 Å². The third-order valence-corrected chi connectivity index (χ3v) is 4.32. The summed E-state index contributed by atoms with van der Waals surface area (Å²) in [5, 5.41) is 26.8. The highest BCUT2D eigenvalue weighted by molar-refractivity contribution is 5.83. The number of hydrogen-bond donors (Lipinski definition) is 7. The number of nitrogens with two attached hydrogens (primary N) is 2. The third kappa shape index (κ3) is 7.67. The lowest BCUT2D eigenvalue weighted by Crippen LogP contribution is -2.47. The number of H-pyrrole nitrogens is 1. The maximum absolute atomic E-state index is 12.3. The van der Waals surface area contributed by atoms with Gasteiger partial charge in [0, 0.05) is 18.3 Å². The molecule has 0 aliphatic carbocycles. The van der Waals surface area contributed by atoms with Crippen LogP contribution < -0.4 is 22.1 Å². The molecule has 0 aromatic carbocycles. The minimum absolute atomic E-state index is 0.118. The Morgan fingerprint density at radius 2 is 2.00 bits per heavy atom. The molecule has 14 heteroatoms. The molecule has 14 nitrogen and oxygen atoms in total. The summed E-state index contributed by atoms with van der Waals surface area (Å²) in [6.07, 6.45) is 4.15. The molecule has 2 heterocycles. The van der Waals surface area contributed by atoms with Crippen LogP contribution in [0.25, 0.3) is 0 Å². The maximum Gasteiger partial charge on any atom is 0.326 e. The normalized spacial score (nSPS) is 13.9. The lowest BCUT2D eigenvalue weighted by molar-refractivity contribution is -0.140. The van der Waals surface area contributed by atoms with Crippen LogP contribution in [0.1, 0.15) is 55.2 Å². The number of aliphatic carboxylic acids is 2. The fourth-order valence-corrected chi connectivity index (χ4v) is 2.75. The molecule has 0 fully saturated rings. The van der Waals surface area contributed by atoms with Gasteiger partial charge in [0.1, 0.15) is 12.1 Å². The van der Waals surface area contributed by atoms with Gasteiger partial charge in [0.25, 0.3) is 0 Å². The standard InChI is InChI=1S/C17H26N8O6/c18-4-2-1-3-11(16(28)29)22-17(30)23-12(6-13(26)27)15-24-14(25-31-15)10(19)5-9-7-20-8-21-9/h7-8,10-12H,1-6,18-19H2,(H,20,21)(H,26,27)(H,28,29)(H2,22,23,30)/t10-,11-,12-/m0/s1. The van der Waals surface area contributed by atoms with E-state index in [4.69, 9.17) is 21.1 Å². The monoisotopic (exact) mass is 438 g/mol. The van der Waals surface area contributed by atoms with Crippen molar-refractivity contribution in [3.63, 3.8) is 0 Å². The number of unbranched alkanes of at least 4 members (excludes halogenated alkanes) is 1. The van der Waals surface area contributed by atoms with Gasteiger partial charge in [-0.15, -0.1) is 0 Å². The summed E-state index contributed by atoms with van der Waals surface area (Å²) in [7, 11) is 0. The smallest absolute Gasteiger partial charge is 0.326 e. The molecule has 170 valence electrons. The van der Waals surface area contributed by atoms with Gasteiger partial charge < -0.3 is 41.8 Å². The zero-order chi connectivity index (χ0) is 22.8. The second-order valence-corrected chi connectivity index (χ2v) is 6.82. The highest BCUT2D eigenvalue weighted by Crippen LogP contribution is 2.18. The number of nitrogens with zero attached hydrogens (tertiary/aromatic N) is 3. The molecule has 0 bridgehead atoms. The number of rotatable bonds is 13. The highest BCUT2D eigenvalue weighted by Gasteiger charge is 2.27. The number of hydrogen-bond acceptors (Lipinski definition) is 9. The van der Waals surface area contributed by atoms with Gasteiger partial charge in [0.15, 0.2) is 5.82 Å². The average Bonchev–Trinajstić information content (AvgIpc) is 3.38. The minimum atomic E-state index is -1.23. The Hall–Kier alpha value is -3.52.